The fraction of sp³-hybridized carbons (Fsp3) is 0.267. The molecule has 0 saturated carbocycles. The molecule has 8 heteroatoms. The number of Topliss-reactive ketones (excluding diaryl/α,β-unsaturated/α-hetero) is 1. The van der Waals surface area contributed by atoms with E-state index in [-0.39, 0.29) is 18.1 Å². The number of pyridine rings is 1. The Morgan fingerprint density at radius 3 is 2.65 bits per heavy atom. The quantitative estimate of drug-likeness (QED) is 0.789. The van der Waals surface area contributed by atoms with E-state index in [0.717, 1.165) is 12.1 Å². The second kappa shape index (κ2) is 6.62. The Bertz CT molecular complexity index is 730. The van der Waals surface area contributed by atoms with Gasteiger partial charge >= 0.3 is 6.18 Å². The zero-order valence-corrected chi connectivity index (χ0v) is 11.9. The first kappa shape index (κ1) is 16.7. The minimum absolute atomic E-state index is 0.0739. The highest BCUT2D eigenvalue weighted by Crippen LogP contribution is 2.29. The van der Waals surface area contributed by atoms with E-state index < -0.39 is 23.4 Å². The molecule has 2 heterocycles. The van der Waals surface area contributed by atoms with Crippen molar-refractivity contribution in [1.82, 2.24) is 4.98 Å². The molecule has 0 aliphatic heterocycles. The van der Waals surface area contributed by atoms with Gasteiger partial charge in [0.25, 0.3) is 0 Å². The van der Waals surface area contributed by atoms with E-state index in [4.69, 9.17) is 14.4 Å². The molecule has 0 fully saturated rings. The first-order valence-corrected chi connectivity index (χ1v) is 6.41. The van der Waals surface area contributed by atoms with Gasteiger partial charge in [0.15, 0.2) is 11.7 Å². The van der Waals surface area contributed by atoms with Gasteiger partial charge in [0.05, 0.1) is 17.3 Å². The zero-order chi connectivity index (χ0) is 17.0. The number of furan rings is 1. The van der Waals surface area contributed by atoms with Crippen molar-refractivity contribution in [2.45, 2.75) is 18.7 Å². The Kier molecular flexibility index (Phi) is 4.81. The number of hydrogen-bond acceptors (Lipinski definition) is 5. The van der Waals surface area contributed by atoms with E-state index in [9.17, 15) is 18.0 Å². The fourth-order valence-electron chi connectivity index (χ4n) is 1.88. The number of ether oxygens (including phenoxy) is 1. The van der Waals surface area contributed by atoms with Gasteiger partial charge in [0.2, 0.25) is 5.78 Å². The summed E-state index contributed by atoms with van der Waals surface area (Å²) in [6, 6.07) is 6.41. The van der Waals surface area contributed by atoms with Crippen LogP contribution in [0.5, 0.6) is 0 Å². The lowest BCUT2D eigenvalue weighted by atomic mass is 9.99. The molecule has 1 atom stereocenters. The van der Waals surface area contributed by atoms with Gasteiger partial charge in [-0.15, -0.1) is 0 Å². The van der Waals surface area contributed by atoms with Gasteiger partial charge in [0, 0.05) is 13.3 Å². The molecule has 0 saturated heterocycles. The number of alkyl halides is 3. The van der Waals surface area contributed by atoms with Gasteiger partial charge in [-0.3, -0.25) is 9.78 Å². The van der Waals surface area contributed by atoms with Gasteiger partial charge in [-0.05, 0) is 24.3 Å². The summed E-state index contributed by atoms with van der Waals surface area (Å²) >= 11 is 0. The first-order chi connectivity index (χ1) is 10.9. The monoisotopic (exact) mass is 324 g/mol. The van der Waals surface area contributed by atoms with Gasteiger partial charge in [-0.1, -0.05) is 0 Å². The number of methoxy groups -OCH3 is 1. The molecule has 0 aliphatic carbocycles. The van der Waals surface area contributed by atoms with Crippen molar-refractivity contribution in [2.24, 2.45) is 0 Å². The Morgan fingerprint density at radius 2 is 2.13 bits per heavy atom. The Labute approximate surface area is 129 Å². The van der Waals surface area contributed by atoms with Gasteiger partial charge in [-0.25, -0.2) is 0 Å². The summed E-state index contributed by atoms with van der Waals surface area (Å²) in [5.41, 5.74) is -1.03. The van der Waals surface area contributed by atoms with Crippen molar-refractivity contribution in [2.75, 3.05) is 7.11 Å². The Morgan fingerprint density at radius 1 is 1.39 bits per heavy atom. The first-order valence-electron chi connectivity index (χ1n) is 6.41. The third-order valence-corrected chi connectivity index (χ3v) is 2.99. The topological polar surface area (TPSA) is 76.1 Å². The van der Waals surface area contributed by atoms with Crippen molar-refractivity contribution < 1.29 is 27.1 Å². The maximum absolute atomic E-state index is 12.5. The molecule has 0 N–H and O–H groups in total. The molecular formula is C15H11F3N2O3. The van der Waals surface area contributed by atoms with Crippen molar-refractivity contribution in [1.29, 1.82) is 5.26 Å². The van der Waals surface area contributed by atoms with Crippen LogP contribution in [0.4, 0.5) is 13.2 Å². The number of nitriles is 1. The molecule has 2 aromatic heterocycles. The van der Waals surface area contributed by atoms with Gasteiger partial charge in [-0.2, -0.15) is 18.4 Å². The molecule has 120 valence electrons. The fourth-order valence-corrected chi connectivity index (χ4v) is 1.88. The predicted octanol–water partition coefficient (Wildman–Crippen LogP) is 3.33. The molecule has 0 aromatic carbocycles. The molecule has 1 unspecified atom stereocenters. The van der Waals surface area contributed by atoms with Gasteiger partial charge < -0.3 is 9.15 Å². The second-order valence-electron chi connectivity index (χ2n) is 4.59. The number of hydrogen-bond donors (Lipinski definition) is 0. The average molecular weight is 324 g/mol. The van der Waals surface area contributed by atoms with Crippen molar-refractivity contribution >= 4 is 5.78 Å². The van der Waals surface area contributed by atoms with Crippen LogP contribution in [-0.4, -0.2) is 17.9 Å². The summed E-state index contributed by atoms with van der Waals surface area (Å²) in [5, 5.41) is 9.15. The lowest BCUT2D eigenvalue weighted by molar-refractivity contribution is -0.137. The molecular weight excluding hydrogens is 313 g/mol. The molecule has 2 rings (SSSR count). The van der Waals surface area contributed by atoms with Crippen molar-refractivity contribution in [3.05, 3.63) is 53.2 Å². The molecule has 0 spiro atoms. The lowest BCUT2D eigenvalue weighted by Gasteiger charge is -2.09. The van der Waals surface area contributed by atoms with Crippen LogP contribution in [-0.2, 0) is 17.5 Å². The summed E-state index contributed by atoms with van der Waals surface area (Å²) in [4.78, 5) is 15.8. The van der Waals surface area contributed by atoms with Crippen LogP contribution in [0.15, 0.2) is 34.9 Å². The van der Waals surface area contributed by atoms with E-state index in [1.807, 2.05) is 0 Å². The van der Waals surface area contributed by atoms with Crippen LogP contribution >= 0.6 is 0 Å². The molecule has 0 aliphatic rings. The maximum Gasteiger partial charge on any atom is 0.417 e. The molecule has 0 amide bonds. The van der Waals surface area contributed by atoms with E-state index >= 15 is 0 Å². The maximum atomic E-state index is 12.5. The van der Waals surface area contributed by atoms with E-state index in [1.54, 1.807) is 6.07 Å². The van der Waals surface area contributed by atoms with Crippen LogP contribution in [0.2, 0.25) is 0 Å². The van der Waals surface area contributed by atoms with Crippen LogP contribution in [0.25, 0.3) is 0 Å². The molecule has 23 heavy (non-hydrogen) atoms. The van der Waals surface area contributed by atoms with E-state index in [0.29, 0.717) is 12.0 Å². The summed E-state index contributed by atoms with van der Waals surface area (Å²) in [6.45, 7) is 0.156. The van der Waals surface area contributed by atoms with Crippen LogP contribution in [0, 0.1) is 11.3 Å². The number of ketones is 1. The third-order valence-electron chi connectivity index (χ3n) is 2.99. The summed E-state index contributed by atoms with van der Waals surface area (Å²) in [7, 11) is 1.45. The number of rotatable bonds is 5. The van der Waals surface area contributed by atoms with E-state index in [1.165, 1.54) is 19.2 Å². The smallest absolute Gasteiger partial charge is 0.417 e. The number of nitrogens with zero attached hydrogens (tertiary/aromatic N) is 2. The zero-order valence-electron chi connectivity index (χ0n) is 11.9. The lowest BCUT2D eigenvalue weighted by Crippen LogP contribution is -2.13. The van der Waals surface area contributed by atoms with E-state index in [2.05, 4.69) is 4.98 Å². The summed E-state index contributed by atoms with van der Waals surface area (Å²) < 4.78 is 47.6. The third kappa shape index (κ3) is 3.76. The van der Waals surface area contributed by atoms with Crippen LogP contribution < -0.4 is 0 Å². The minimum Gasteiger partial charge on any atom is -0.455 e. The number of carbonyl (C=O) groups is 1. The van der Waals surface area contributed by atoms with Crippen molar-refractivity contribution in [3.63, 3.8) is 0 Å². The molecule has 2 aromatic rings. The normalized spacial score (nSPS) is 12.7. The highest BCUT2D eigenvalue weighted by Gasteiger charge is 2.32. The highest BCUT2D eigenvalue weighted by molar-refractivity contribution is 6.00. The number of aromatic nitrogens is 1. The summed E-state index contributed by atoms with van der Waals surface area (Å²) in [6.07, 6.45) is -3.95. The molecule has 5 nitrogen and oxygen atoms in total. The highest BCUT2D eigenvalue weighted by atomic mass is 19.4. The molecule has 0 bridgehead atoms. The number of halogens is 3. The summed E-state index contributed by atoms with van der Waals surface area (Å²) in [5.74, 6) is -1.71. The Balaban J connectivity index is 2.25. The SMILES string of the molecule is COCc1ccc(C(=O)C(C#N)c2ccc(C(F)(F)F)cn2)o1. The Hall–Kier alpha value is -2.66. The predicted molar refractivity (Wildman–Crippen MR) is 71.3 cm³/mol. The number of carbonyl (C=O) groups excluding carboxylic acids is 1. The van der Waals surface area contributed by atoms with Crippen LogP contribution in [0.3, 0.4) is 0 Å². The molecule has 0 radical (unpaired) electrons. The van der Waals surface area contributed by atoms with Gasteiger partial charge in [0.1, 0.15) is 12.4 Å². The second-order valence-corrected chi connectivity index (χ2v) is 4.59. The standard InChI is InChI=1S/C15H11F3N2O3/c1-22-8-10-3-5-13(23-10)14(21)11(6-19)12-4-2-9(7-20-12)15(16,17)18/h2-5,7,11H,8H2,1H3. The largest absolute Gasteiger partial charge is 0.455 e. The minimum atomic E-state index is -4.53. The van der Waals surface area contributed by atoms with Crippen molar-refractivity contribution in [3.8, 4) is 6.07 Å². The average Bonchev–Trinajstić information content (AvgIpc) is 2.96. The van der Waals surface area contributed by atoms with Crippen LogP contribution in [0.1, 0.15) is 33.5 Å².